The number of piperidine rings is 1. The molecule has 8 rings (SSSR count). The lowest BCUT2D eigenvalue weighted by Gasteiger charge is -2.51. The number of methoxy groups -OCH3 is 2. The van der Waals surface area contributed by atoms with Crippen molar-refractivity contribution in [2.24, 2.45) is 17.8 Å². The number of H-pyrrole nitrogens is 1. The maximum Gasteiger partial charge on any atom is 0.375 e. The second kappa shape index (κ2) is 16.6. The molecule has 1 saturated heterocycles. The van der Waals surface area contributed by atoms with E-state index in [1.54, 1.807) is 14.0 Å². The molecule has 2 aromatic carbocycles. The van der Waals surface area contributed by atoms with Gasteiger partial charge in [-0.3, -0.25) is 9.59 Å². The van der Waals surface area contributed by atoms with E-state index < -0.39 is 42.7 Å². The molecule has 2 saturated carbocycles. The minimum Gasteiger partial charge on any atom is -0.496 e. The van der Waals surface area contributed by atoms with Gasteiger partial charge in [0.25, 0.3) is 0 Å². The van der Waals surface area contributed by atoms with Crippen molar-refractivity contribution in [2.45, 2.75) is 82.5 Å². The Labute approximate surface area is 337 Å². The maximum atomic E-state index is 14.0. The molecule has 0 bridgehead atoms. The van der Waals surface area contributed by atoms with Gasteiger partial charge in [-0.15, -0.1) is 0 Å². The van der Waals surface area contributed by atoms with E-state index in [2.05, 4.69) is 9.88 Å². The number of aldehydes is 1. The van der Waals surface area contributed by atoms with Gasteiger partial charge in [-0.1, -0.05) is 18.1 Å². The van der Waals surface area contributed by atoms with Crippen molar-refractivity contribution in [2.75, 3.05) is 53.7 Å². The number of Topliss-reactive ketones (excluding diaryl/α,β-unsaturated/α-hetero) is 1. The van der Waals surface area contributed by atoms with E-state index in [-0.39, 0.29) is 60.2 Å². The lowest BCUT2D eigenvalue weighted by atomic mass is 9.63. The number of ketones is 1. The van der Waals surface area contributed by atoms with Gasteiger partial charge in [-0.25, -0.2) is 4.79 Å². The highest BCUT2D eigenvalue weighted by atomic mass is 16.6. The molecule has 4 N–H and O–H groups in total. The van der Waals surface area contributed by atoms with E-state index in [0.717, 1.165) is 61.8 Å². The zero-order chi connectivity index (χ0) is 40.7. The molecule has 4 heterocycles. The predicted molar refractivity (Wildman–Crippen MR) is 213 cm³/mol. The number of likely N-dealkylation sites (tertiary alicyclic amines) is 1. The first-order valence-corrected chi connectivity index (χ1v) is 20.6. The molecule has 5 aliphatic rings. The highest BCUT2D eigenvalue weighted by molar-refractivity contribution is 6.11. The molecule has 3 aromatic rings. The molecule has 0 amide bonds. The maximum absolute atomic E-state index is 14.0. The van der Waals surface area contributed by atoms with Gasteiger partial charge in [-0.05, 0) is 93.0 Å². The molecule has 310 valence electrons. The van der Waals surface area contributed by atoms with E-state index in [1.807, 2.05) is 30.5 Å². The van der Waals surface area contributed by atoms with Crippen LogP contribution in [0.15, 0.2) is 47.4 Å². The molecule has 3 aliphatic heterocycles. The number of aromatic nitrogens is 1. The molecule has 13 nitrogen and oxygen atoms in total. The molecular weight excluding hydrogens is 744 g/mol. The van der Waals surface area contributed by atoms with E-state index in [9.17, 15) is 29.7 Å². The van der Waals surface area contributed by atoms with Crippen LogP contribution < -0.4 is 14.2 Å². The first-order chi connectivity index (χ1) is 28.2. The van der Waals surface area contributed by atoms with Crippen LogP contribution in [0.25, 0.3) is 16.5 Å². The van der Waals surface area contributed by atoms with Crippen molar-refractivity contribution in [3.63, 3.8) is 0 Å². The lowest BCUT2D eigenvalue weighted by molar-refractivity contribution is -0.151. The number of fused-ring (bicyclic) bond motifs is 4. The van der Waals surface area contributed by atoms with E-state index in [0.29, 0.717) is 59.0 Å². The number of benzene rings is 2. The van der Waals surface area contributed by atoms with Gasteiger partial charge in [0.1, 0.15) is 34.7 Å². The van der Waals surface area contributed by atoms with Crippen molar-refractivity contribution in [1.29, 1.82) is 0 Å². The largest absolute Gasteiger partial charge is 0.496 e. The molecule has 1 aromatic heterocycles. The van der Waals surface area contributed by atoms with Crippen molar-refractivity contribution in [3.05, 3.63) is 69.6 Å². The summed E-state index contributed by atoms with van der Waals surface area (Å²) < 4.78 is 30.0. The van der Waals surface area contributed by atoms with Crippen LogP contribution in [0, 0.1) is 17.8 Å². The van der Waals surface area contributed by atoms with Gasteiger partial charge in [0.15, 0.2) is 6.29 Å². The summed E-state index contributed by atoms with van der Waals surface area (Å²) in [6, 6.07) is 7.69. The quantitative estimate of drug-likeness (QED) is 0.112. The summed E-state index contributed by atoms with van der Waals surface area (Å²) in [6.45, 7) is 4.11. The Morgan fingerprint density at radius 3 is 2.71 bits per heavy atom. The predicted octanol–water partition coefficient (Wildman–Crippen LogP) is 4.78. The van der Waals surface area contributed by atoms with E-state index in [4.69, 9.17) is 23.7 Å². The Hall–Kier alpha value is -4.53. The van der Waals surface area contributed by atoms with E-state index in [1.165, 1.54) is 7.11 Å². The molecule has 58 heavy (non-hydrogen) atoms. The normalized spacial score (nSPS) is 28.4. The number of aromatic amines is 1. The SMILES string of the molecule is CCOC(=O)C1=C(C=O)C(=C2CC(CO)C(=O)C(c3ccc4[nH]ccc4c3)C2)c2c(OC)c3c(c(CO)c2O1)OC(C1(O)CCCC2CN(CCCOC)CCC21)C3. The second-order valence-electron chi connectivity index (χ2n) is 16.4. The van der Waals surface area contributed by atoms with Crippen molar-refractivity contribution in [1.82, 2.24) is 9.88 Å². The molecular formula is C45H54N2O11. The Balaban J connectivity index is 1.24. The van der Waals surface area contributed by atoms with Crippen LogP contribution >= 0.6 is 0 Å². The number of allylic oxidation sites excluding steroid dienone is 3. The molecule has 2 aliphatic carbocycles. The van der Waals surface area contributed by atoms with Crippen LogP contribution in [0.5, 0.6) is 17.2 Å². The van der Waals surface area contributed by atoms with Crippen molar-refractivity contribution in [3.8, 4) is 17.2 Å². The third kappa shape index (κ3) is 6.84. The van der Waals surface area contributed by atoms with Crippen LogP contribution in [0.1, 0.15) is 80.0 Å². The summed E-state index contributed by atoms with van der Waals surface area (Å²) in [5.74, 6) is -1.77. The van der Waals surface area contributed by atoms with Gasteiger partial charge in [0.05, 0.1) is 43.6 Å². The fraction of sp³-hybridized carbons (Fsp3) is 0.533. The first-order valence-electron chi connectivity index (χ1n) is 20.6. The summed E-state index contributed by atoms with van der Waals surface area (Å²) in [6.07, 6.45) is 6.51. The Bertz CT molecular complexity index is 2150. The van der Waals surface area contributed by atoms with Crippen LogP contribution in [0.2, 0.25) is 0 Å². The fourth-order valence-electron chi connectivity index (χ4n) is 10.7. The number of nitrogens with zero attached hydrogens (tertiary/aromatic N) is 1. The number of carbonyl (C=O) groups excluding carboxylic acids is 3. The van der Waals surface area contributed by atoms with Crippen LogP contribution in [-0.2, 0) is 36.9 Å². The smallest absolute Gasteiger partial charge is 0.375 e. The monoisotopic (exact) mass is 798 g/mol. The topological polar surface area (TPSA) is 177 Å². The van der Waals surface area contributed by atoms with Gasteiger partial charge in [0, 0.05) is 67.9 Å². The average molecular weight is 799 g/mol. The number of carbonyl (C=O) groups is 3. The molecule has 13 heteroatoms. The molecule has 0 radical (unpaired) electrons. The molecule has 0 spiro atoms. The lowest BCUT2D eigenvalue weighted by Crippen LogP contribution is -2.59. The summed E-state index contributed by atoms with van der Waals surface area (Å²) in [5, 5.41) is 35.4. The number of nitrogens with one attached hydrogen (secondary N) is 1. The Morgan fingerprint density at radius 1 is 1.12 bits per heavy atom. The first kappa shape index (κ1) is 40.3. The zero-order valence-electron chi connectivity index (χ0n) is 33.5. The summed E-state index contributed by atoms with van der Waals surface area (Å²) >= 11 is 0. The highest BCUT2D eigenvalue weighted by Crippen LogP contribution is 2.58. The van der Waals surface area contributed by atoms with Crippen LogP contribution in [0.3, 0.4) is 0 Å². The fourth-order valence-corrected chi connectivity index (χ4v) is 10.7. The summed E-state index contributed by atoms with van der Waals surface area (Å²) in [5.41, 5.74) is 2.66. The standard InChI is InChI=1S/C45H54N2O11/c1-4-56-44(52)43-32(23-49)37(28-18-29(22-48)39(51)30(19-28)25-8-9-35-26(17-25)10-13-46-35)38-41(55-3)31-20-36(57-40(31)33(24-50)42(38)58-43)45(53)12-5-7-27-21-47(14-6-16-54-2)15-11-34(27)45/h8-10,13,17,23,27,29-30,34,36,46,48,50,53H,4-7,11-12,14-16,18-22,24H2,1-3H3. The minimum atomic E-state index is -1.16. The number of rotatable bonds is 12. The minimum absolute atomic E-state index is 0.00252. The van der Waals surface area contributed by atoms with Gasteiger partial charge >= 0.3 is 5.97 Å². The van der Waals surface area contributed by atoms with Gasteiger partial charge < -0.3 is 48.9 Å². The van der Waals surface area contributed by atoms with Gasteiger partial charge in [-0.2, -0.15) is 0 Å². The third-order valence-electron chi connectivity index (χ3n) is 13.3. The molecule has 3 fully saturated rings. The van der Waals surface area contributed by atoms with Crippen molar-refractivity contribution >= 4 is 34.5 Å². The number of hydrogen-bond acceptors (Lipinski definition) is 12. The number of aliphatic hydroxyl groups is 3. The zero-order valence-corrected chi connectivity index (χ0v) is 33.5. The number of hydrogen-bond donors (Lipinski definition) is 4. The number of ether oxygens (including phenoxy) is 5. The third-order valence-corrected chi connectivity index (χ3v) is 13.3. The summed E-state index contributed by atoms with van der Waals surface area (Å²) in [4.78, 5) is 46.6. The van der Waals surface area contributed by atoms with Gasteiger partial charge in [0.2, 0.25) is 5.76 Å². The van der Waals surface area contributed by atoms with Crippen LogP contribution in [-0.4, -0.2) is 109 Å². The number of aliphatic hydroxyl groups excluding tert-OH is 2. The number of esters is 1. The highest BCUT2D eigenvalue weighted by Gasteiger charge is 2.55. The van der Waals surface area contributed by atoms with Crippen LogP contribution in [0.4, 0.5) is 0 Å². The molecule has 6 unspecified atom stereocenters. The average Bonchev–Trinajstić information content (AvgIpc) is 3.90. The summed E-state index contributed by atoms with van der Waals surface area (Å²) in [7, 11) is 3.23. The Morgan fingerprint density at radius 2 is 1.97 bits per heavy atom. The van der Waals surface area contributed by atoms with Crippen molar-refractivity contribution < 1.29 is 53.4 Å². The second-order valence-corrected chi connectivity index (χ2v) is 16.4. The van der Waals surface area contributed by atoms with E-state index >= 15 is 0 Å². The Kier molecular flexibility index (Phi) is 11.5. The molecule has 6 atom stereocenters.